The van der Waals surface area contributed by atoms with Gasteiger partial charge in [0.25, 0.3) is 0 Å². The lowest BCUT2D eigenvalue weighted by Crippen LogP contribution is -2.57. The number of benzene rings is 6. The molecule has 0 bridgehead atoms. The largest absolute Gasteiger partial charge is 0.468 e. The number of imidazole rings is 2. The first kappa shape index (κ1) is 63.3. The van der Waals surface area contributed by atoms with Crippen molar-refractivity contribution in [3.63, 3.8) is 0 Å². The van der Waals surface area contributed by atoms with Gasteiger partial charge in [-0.2, -0.15) is 0 Å². The molecule has 0 radical (unpaired) electrons. The molecule has 11 aromatic rings. The smallest absolute Gasteiger partial charge is 0.412 e. The average molecular weight is 1250 g/mol. The molecule has 94 heavy (non-hydrogen) atoms. The van der Waals surface area contributed by atoms with Crippen LogP contribution in [0.1, 0.15) is 146 Å². The van der Waals surface area contributed by atoms with Gasteiger partial charge in [-0.3, -0.25) is 14.6 Å². The van der Waals surface area contributed by atoms with Crippen molar-refractivity contribution in [2.45, 2.75) is 133 Å². The lowest BCUT2D eigenvalue weighted by molar-refractivity contribution is -0.657. The van der Waals surface area contributed by atoms with Crippen molar-refractivity contribution in [2.75, 3.05) is 16.7 Å². The summed E-state index contributed by atoms with van der Waals surface area (Å²) in [7, 11) is 6.37. The molecule has 5 aromatic heterocycles. The predicted molar refractivity (Wildman–Crippen MR) is 394 cm³/mol. The third-order valence-electron chi connectivity index (χ3n) is 19.8. The first-order chi connectivity index (χ1) is 45.1. The molecule has 476 valence electrons. The van der Waals surface area contributed by atoms with Gasteiger partial charge in [0.1, 0.15) is 63.7 Å². The Hall–Kier alpha value is -9.49. The van der Waals surface area contributed by atoms with E-state index in [1.54, 1.807) is 0 Å². The summed E-state index contributed by atoms with van der Waals surface area (Å²) in [5.41, 5.74) is 23.8. The van der Waals surface area contributed by atoms with Crippen LogP contribution < -0.4 is 35.7 Å². The maximum absolute atomic E-state index is 6.45. The number of furan rings is 3. The van der Waals surface area contributed by atoms with Crippen molar-refractivity contribution in [3.8, 4) is 22.5 Å². The van der Waals surface area contributed by atoms with Crippen molar-refractivity contribution >= 4 is 101 Å². The SMILES string of the molecule is CB1c2oc3ccccc3c2C=C(C)N1N1C=CN(C)[C@@H]1C.CB1c2oc3ccccc3c2C=C(C)N1c1n(-c2c(C(C)C)cc(-c3ccccc3)cc2C(C)C)cc[n+]1C.CB1c2oc3ccccc3c2C=C(C)N1c1n(-c2c(C(C)C)cccc2C(C)C)cc[n+]1C. The number of rotatable bonds is 10. The van der Waals surface area contributed by atoms with Crippen LogP contribution in [0.3, 0.4) is 0 Å². The van der Waals surface area contributed by atoms with Crippen molar-refractivity contribution in [1.29, 1.82) is 0 Å². The molecule has 12 nitrogen and oxygen atoms in total. The molecule has 0 aliphatic carbocycles. The molecule has 0 saturated heterocycles. The van der Waals surface area contributed by atoms with Crippen LogP contribution in [0.15, 0.2) is 201 Å². The quantitative estimate of drug-likeness (QED) is 0.0991. The number of hydrazine groups is 1. The zero-order valence-electron chi connectivity index (χ0n) is 58.3. The van der Waals surface area contributed by atoms with Gasteiger partial charge in [-0.05, 0) is 147 Å². The Labute approximate surface area is 557 Å². The number of aryl methyl sites for hydroxylation is 2. The number of aromatic nitrogens is 4. The Morgan fingerprint density at radius 3 is 1.22 bits per heavy atom. The summed E-state index contributed by atoms with van der Waals surface area (Å²) in [6.45, 7) is 34.1. The Kier molecular flexibility index (Phi) is 16.9. The Balaban J connectivity index is 0.000000133. The molecule has 15 rings (SSSR count). The highest BCUT2D eigenvalue weighted by molar-refractivity contribution is 6.77. The van der Waals surface area contributed by atoms with Gasteiger partial charge in [0.15, 0.2) is 0 Å². The molecule has 6 aromatic carbocycles. The maximum atomic E-state index is 6.45. The van der Waals surface area contributed by atoms with E-state index in [2.05, 4.69) is 332 Å². The fraction of sp³-hybridized carbons (Fsp3) is 0.291. The van der Waals surface area contributed by atoms with Crippen LogP contribution in [0, 0.1) is 0 Å². The fourth-order valence-electron chi connectivity index (χ4n) is 14.9. The van der Waals surface area contributed by atoms with Crippen LogP contribution in [0.25, 0.3) is 73.6 Å². The van der Waals surface area contributed by atoms with Crippen LogP contribution in [0.2, 0.25) is 20.5 Å². The number of anilines is 2. The molecule has 0 fully saturated rings. The standard InChI is InChI=1S/C34H37BN3O.C28H33BN3O.C17H20BN3O/c1-22(2)28-20-26(25-13-9-8-10-14-25)21-29(23(3)4)32(28)37-18-17-36(7)34(37)38-24(5)19-30-27-15-11-12-16-31(27)39-33(30)35(38)6;1-18(2)21-12-10-13-22(19(3)4)26(21)31-16-15-30(7)28(31)32-20(5)17-24-23-11-8-9-14-25(23)33-27(24)29(32)6;1-12-11-15-14-7-5-6-8-16(14)22-17(15)18(3)21(12)20-10-9-19(4)13(20)2/h8-23H,1-7H3;8-19H,1-7H3;5-11,13H,1-4H3/q2*+1;/t;;13-/m..0/s1. The summed E-state index contributed by atoms with van der Waals surface area (Å²) in [5.74, 6) is 3.84. The summed E-state index contributed by atoms with van der Waals surface area (Å²) in [5, 5.41) is 5.83. The van der Waals surface area contributed by atoms with E-state index in [0.717, 1.165) is 45.6 Å². The lowest BCUT2D eigenvalue weighted by Gasteiger charge is -2.43. The third-order valence-corrected chi connectivity index (χ3v) is 19.8. The van der Waals surface area contributed by atoms with Crippen molar-refractivity contribution < 1.29 is 22.4 Å². The molecular weight excluding hydrogens is 1160 g/mol. The summed E-state index contributed by atoms with van der Waals surface area (Å²) in [6, 6.07) is 47.2. The predicted octanol–water partition coefficient (Wildman–Crippen LogP) is 16.6. The highest BCUT2D eigenvalue weighted by atomic mass is 16.3. The summed E-state index contributed by atoms with van der Waals surface area (Å²) < 4.78 is 28.2. The van der Waals surface area contributed by atoms with Gasteiger partial charge < -0.3 is 23.1 Å². The minimum Gasteiger partial charge on any atom is -0.468 e. The van der Waals surface area contributed by atoms with Gasteiger partial charge in [0, 0.05) is 58.0 Å². The Bertz CT molecular complexity index is 4750. The van der Waals surface area contributed by atoms with Gasteiger partial charge >= 0.3 is 32.4 Å². The molecule has 0 N–H and O–H groups in total. The van der Waals surface area contributed by atoms with E-state index in [9.17, 15) is 0 Å². The van der Waals surface area contributed by atoms with Crippen molar-refractivity contribution in [2.24, 2.45) is 14.1 Å². The molecule has 4 aliphatic rings. The number of hydrogen-bond acceptors (Lipinski definition) is 8. The van der Waals surface area contributed by atoms with Gasteiger partial charge in [-0.1, -0.05) is 165 Å². The Morgan fingerprint density at radius 2 is 0.819 bits per heavy atom. The molecule has 0 amide bonds. The van der Waals surface area contributed by atoms with Gasteiger partial charge in [0.2, 0.25) is 0 Å². The topological polar surface area (TPSA) is 73.2 Å². The minimum atomic E-state index is 0.0471. The molecule has 0 spiro atoms. The molecule has 15 heteroatoms. The normalized spacial score (nSPS) is 15.4. The van der Waals surface area contributed by atoms with E-state index >= 15 is 0 Å². The lowest BCUT2D eigenvalue weighted by atomic mass is 9.57. The maximum Gasteiger partial charge on any atom is 0.412 e. The van der Waals surface area contributed by atoms with Crippen LogP contribution in [0.4, 0.5) is 11.9 Å². The van der Waals surface area contributed by atoms with Crippen LogP contribution in [-0.4, -0.2) is 57.7 Å². The molecule has 1 atom stereocenters. The number of allylic oxidation sites excluding steroid dienone is 3. The van der Waals surface area contributed by atoms with Gasteiger partial charge in [0.05, 0.1) is 37.9 Å². The first-order valence-corrected chi connectivity index (χ1v) is 33.8. The van der Waals surface area contributed by atoms with Crippen molar-refractivity contribution in [1.82, 2.24) is 24.0 Å². The summed E-state index contributed by atoms with van der Waals surface area (Å²) >= 11 is 0. The minimum absolute atomic E-state index is 0.0471. The highest BCUT2D eigenvalue weighted by Gasteiger charge is 2.45. The Morgan fingerprint density at radius 1 is 0.436 bits per heavy atom. The number of nitrogens with zero attached hydrogens (tertiary/aromatic N) is 9. The molecule has 0 unspecified atom stereocenters. The molecule has 0 saturated carbocycles. The number of fused-ring (bicyclic) bond motifs is 9. The first-order valence-electron chi connectivity index (χ1n) is 33.8. The van der Waals surface area contributed by atoms with E-state index in [1.807, 2.05) is 24.3 Å². The number of hydrogen-bond donors (Lipinski definition) is 0. The van der Waals surface area contributed by atoms with Crippen LogP contribution in [0.5, 0.6) is 0 Å². The number of para-hydroxylation sites is 4. The highest BCUT2D eigenvalue weighted by Crippen LogP contribution is 2.41. The van der Waals surface area contributed by atoms with Crippen molar-refractivity contribution in [3.05, 3.63) is 227 Å². The second-order valence-corrected chi connectivity index (χ2v) is 27.5. The monoisotopic (exact) mass is 1250 g/mol. The van der Waals surface area contributed by atoms with E-state index < -0.39 is 0 Å². The van der Waals surface area contributed by atoms with E-state index in [1.165, 1.54) is 94.7 Å². The van der Waals surface area contributed by atoms with Gasteiger partial charge in [-0.15, -0.1) is 0 Å². The zero-order valence-corrected chi connectivity index (χ0v) is 58.3. The van der Waals surface area contributed by atoms with Gasteiger partial charge in [-0.25, -0.2) is 18.3 Å². The molecular formula is C79H90B3N9O3+2. The van der Waals surface area contributed by atoms with E-state index in [-0.39, 0.29) is 20.5 Å². The fourth-order valence-corrected chi connectivity index (χ4v) is 14.9. The second kappa shape index (κ2) is 25.1. The average Bonchev–Trinajstić information content (AvgIpc) is 1.53. The summed E-state index contributed by atoms with van der Waals surface area (Å²) in [4.78, 5) is 9.35. The second-order valence-electron chi connectivity index (χ2n) is 27.5. The zero-order chi connectivity index (χ0) is 66.3. The summed E-state index contributed by atoms with van der Waals surface area (Å²) in [6.07, 6.45) is 20.1. The van der Waals surface area contributed by atoms with Crippen LogP contribution in [-0.2, 0) is 14.1 Å². The third kappa shape index (κ3) is 10.9. The van der Waals surface area contributed by atoms with E-state index in [0.29, 0.717) is 29.8 Å². The molecule has 4 aliphatic heterocycles. The van der Waals surface area contributed by atoms with Crippen LogP contribution >= 0.6 is 0 Å². The van der Waals surface area contributed by atoms with E-state index in [4.69, 9.17) is 13.3 Å². The molecule has 9 heterocycles.